The SMILES string of the molecule is CCc1nc(N)cc(Nc2cc(C)cc(C)c2)n1. The smallest absolute Gasteiger partial charge is 0.136 e. The minimum absolute atomic E-state index is 0.494. The zero-order valence-corrected chi connectivity index (χ0v) is 11.0. The molecule has 0 aliphatic heterocycles. The van der Waals surface area contributed by atoms with E-state index >= 15 is 0 Å². The van der Waals surface area contributed by atoms with Gasteiger partial charge in [-0.05, 0) is 37.1 Å². The summed E-state index contributed by atoms with van der Waals surface area (Å²) in [6, 6.07) is 8.04. The van der Waals surface area contributed by atoms with Crippen LogP contribution in [0.3, 0.4) is 0 Å². The molecular weight excluding hydrogens is 224 g/mol. The molecule has 94 valence electrons. The van der Waals surface area contributed by atoms with Gasteiger partial charge in [-0.2, -0.15) is 0 Å². The highest BCUT2D eigenvalue weighted by Gasteiger charge is 2.02. The number of nitrogens with two attached hydrogens (primary N) is 1. The zero-order valence-electron chi connectivity index (χ0n) is 11.0. The largest absolute Gasteiger partial charge is 0.384 e. The molecule has 0 fully saturated rings. The highest BCUT2D eigenvalue weighted by molar-refractivity contribution is 5.60. The lowest BCUT2D eigenvalue weighted by Crippen LogP contribution is -2.03. The molecule has 3 N–H and O–H groups in total. The van der Waals surface area contributed by atoms with Crippen LogP contribution in [0.5, 0.6) is 0 Å². The van der Waals surface area contributed by atoms with Crippen molar-refractivity contribution in [2.45, 2.75) is 27.2 Å². The van der Waals surface area contributed by atoms with Gasteiger partial charge in [-0.15, -0.1) is 0 Å². The number of aromatic nitrogens is 2. The first-order chi connectivity index (χ1) is 8.56. The molecule has 0 aliphatic carbocycles. The third kappa shape index (κ3) is 2.97. The molecular formula is C14H18N4. The van der Waals surface area contributed by atoms with Crippen LogP contribution in [-0.4, -0.2) is 9.97 Å². The molecule has 1 aromatic carbocycles. The number of benzene rings is 1. The normalized spacial score (nSPS) is 10.4. The van der Waals surface area contributed by atoms with Crippen LogP contribution in [0.15, 0.2) is 24.3 Å². The van der Waals surface area contributed by atoms with Crippen molar-refractivity contribution in [2.75, 3.05) is 11.1 Å². The minimum Gasteiger partial charge on any atom is -0.384 e. The minimum atomic E-state index is 0.494. The van der Waals surface area contributed by atoms with Crippen molar-refractivity contribution in [1.29, 1.82) is 0 Å². The molecule has 1 heterocycles. The van der Waals surface area contributed by atoms with Gasteiger partial charge in [0.15, 0.2) is 0 Å². The van der Waals surface area contributed by atoms with Crippen LogP contribution >= 0.6 is 0 Å². The molecule has 2 aromatic rings. The van der Waals surface area contributed by atoms with E-state index in [9.17, 15) is 0 Å². The van der Waals surface area contributed by atoms with Crippen LogP contribution in [0.4, 0.5) is 17.3 Å². The number of anilines is 3. The maximum absolute atomic E-state index is 5.76. The lowest BCUT2D eigenvalue weighted by molar-refractivity contribution is 0.948. The van der Waals surface area contributed by atoms with Crippen molar-refractivity contribution >= 4 is 17.3 Å². The first-order valence-corrected chi connectivity index (χ1v) is 6.05. The van der Waals surface area contributed by atoms with E-state index in [0.29, 0.717) is 5.82 Å². The molecule has 4 nitrogen and oxygen atoms in total. The second-order valence-corrected chi connectivity index (χ2v) is 4.45. The fraction of sp³-hybridized carbons (Fsp3) is 0.286. The lowest BCUT2D eigenvalue weighted by Gasteiger charge is -2.09. The van der Waals surface area contributed by atoms with Crippen molar-refractivity contribution in [2.24, 2.45) is 0 Å². The molecule has 2 rings (SSSR count). The maximum Gasteiger partial charge on any atom is 0.136 e. The van der Waals surface area contributed by atoms with E-state index < -0.39 is 0 Å². The predicted molar refractivity (Wildman–Crippen MR) is 75.0 cm³/mol. The topological polar surface area (TPSA) is 63.8 Å². The summed E-state index contributed by atoms with van der Waals surface area (Å²) in [5, 5.41) is 3.27. The van der Waals surface area contributed by atoms with E-state index in [1.807, 2.05) is 6.92 Å². The number of rotatable bonds is 3. The molecule has 0 saturated carbocycles. The van der Waals surface area contributed by atoms with Gasteiger partial charge < -0.3 is 11.1 Å². The average Bonchev–Trinajstić information content (AvgIpc) is 2.26. The Morgan fingerprint density at radius 2 is 1.72 bits per heavy atom. The first-order valence-electron chi connectivity index (χ1n) is 6.05. The number of aryl methyl sites for hydroxylation is 3. The summed E-state index contributed by atoms with van der Waals surface area (Å²) in [5.74, 6) is 1.99. The number of nitrogens with zero attached hydrogens (tertiary/aromatic N) is 2. The second kappa shape index (κ2) is 5.04. The van der Waals surface area contributed by atoms with E-state index in [1.54, 1.807) is 6.07 Å². The summed E-state index contributed by atoms with van der Waals surface area (Å²) in [5.41, 5.74) is 9.21. The molecule has 0 bridgehead atoms. The van der Waals surface area contributed by atoms with Crippen LogP contribution in [-0.2, 0) is 6.42 Å². The molecule has 0 saturated heterocycles. The van der Waals surface area contributed by atoms with Crippen LogP contribution in [0.1, 0.15) is 23.9 Å². The fourth-order valence-corrected chi connectivity index (χ4v) is 1.93. The second-order valence-electron chi connectivity index (χ2n) is 4.45. The van der Waals surface area contributed by atoms with Gasteiger partial charge >= 0.3 is 0 Å². The van der Waals surface area contributed by atoms with Crippen molar-refractivity contribution in [3.8, 4) is 0 Å². The van der Waals surface area contributed by atoms with E-state index in [1.165, 1.54) is 11.1 Å². The number of hydrogen-bond donors (Lipinski definition) is 2. The zero-order chi connectivity index (χ0) is 13.1. The van der Waals surface area contributed by atoms with Crippen LogP contribution in [0.25, 0.3) is 0 Å². The molecule has 0 atom stereocenters. The molecule has 0 amide bonds. The number of nitrogen functional groups attached to an aromatic ring is 1. The van der Waals surface area contributed by atoms with Crippen molar-refractivity contribution in [1.82, 2.24) is 9.97 Å². The van der Waals surface area contributed by atoms with Gasteiger partial charge in [-0.3, -0.25) is 0 Å². The van der Waals surface area contributed by atoms with E-state index in [2.05, 4.69) is 47.3 Å². The lowest BCUT2D eigenvalue weighted by atomic mass is 10.1. The van der Waals surface area contributed by atoms with Gasteiger partial charge in [0.2, 0.25) is 0 Å². The molecule has 0 radical (unpaired) electrons. The Bertz CT molecular complexity index is 543. The van der Waals surface area contributed by atoms with Crippen molar-refractivity contribution in [3.05, 3.63) is 41.2 Å². The Morgan fingerprint density at radius 3 is 2.33 bits per heavy atom. The monoisotopic (exact) mass is 242 g/mol. The Kier molecular flexibility index (Phi) is 3.46. The Labute approximate surface area is 107 Å². The fourth-order valence-electron chi connectivity index (χ4n) is 1.93. The van der Waals surface area contributed by atoms with Crippen molar-refractivity contribution in [3.63, 3.8) is 0 Å². The highest BCUT2D eigenvalue weighted by atomic mass is 15.0. The summed E-state index contributed by atoms with van der Waals surface area (Å²) in [6.45, 7) is 6.16. The Hall–Kier alpha value is -2.10. The molecule has 18 heavy (non-hydrogen) atoms. The summed E-state index contributed by atoms with van der Waals surface area (Å²) in [7, 11) is 0. The van der Waals surface area contributed by atoms with Gasteiger partial charge in [0.05, 0.1) is 0 Å². The summed E-state index contributed by atoms with van der Waals surface area (Å²) in [4.78, 5) is 8.56. The first kappa shape index (κ1) is 12.4. The summed E-state index contributed by atoms with van der Waals surface area (Å²) >= 11 is 0. The Morgan fingerprint density at radius 1 is 1.06 bits per heavy atom. The van der Waals surface area contributed by atoms with E-state index in [4.69, 9.17) is 5.73 Å². The maximum atomic E-state index is 5.76. The van der Waals surface area contributed by atoms with Gasteiger partial charge in [0, 0.05) is 18.2 Å². The molecule has 4 heteroatoms. The molecule has 0 unspecified atom stereocenters. The van der Waals surface area contributed by atoms with Gasteiger partial charge in [0.1, 0.15) is 17.5 Å². The van der Waals surface area contributed by atoms with E-state index in [-0.39, 0.29) is 0 Å². The summed E-state index contributed by atoms with van der Waals surface area (Å²) in [6.07, 6.45) is 0.770. The highest BCUT2D eigenvalue weighted by Crippen LogP contribution is 2.19. The van der Waals surface area contributed by atoms with Crippen LogP contribution in [0, 0.1) is 13.8 Å². The third-order valence-electron chi connectivity index (χ3n) is 2.60. The van der Waals surface area contributed by atoms with Gasteiger partial charge in [-0.25, -0.2) is 9.97 Å². The Balaban J connectivity index is 2.30. The number of hydrogen-bond acceptors (Lipinski definition) is 4. The van der Waals surface area contributed by atoms with E-state index in [0.717, 1.165) is 23.8 Å². The van der Waals surface area contributed by atoms with Crippen LogP contribution in [0.2, 0.25) is 0 Å². The molecule has 0 spiro atoms. The van der Waals surface area contributed by atoms with Gasteiger partial charge in [0.25, 0.3) is 0 Å². The van der Waals surface area contributed by atoms with Gasteiger partial charge in [-0.1, -0.05) is 13.0 Å². The number of nitrogens with one attached hydrogen (secondary N) is 1. The van der Waals surface area contributed by atoms with Crippen LogP contribution < -0.4 is 11.1 Å². The standard InChI is InChI=1S/C14H18N4/c1-4-13-17-12(15)8-14(18-13)16-11-6-9(2)5-10(3)7-11/h5-8H,4H2,1-3H3,(H3,15,16,17,18). The van der Waals surface area contributed by atoms with Crippen molar-refractivity contribution < 1.29 is 0 Å². The predicted octanol–water partition coefficient (Wildman–Crippen LogP) is 2.98. The quantitative estimate of drug-likeness (QED) is 0.868. The summed E-state index contributed by atoms with van der Waals surface area (Å²) < 4.78 is 0. The molecule has 1 aromatic heterocycles. The third-order valence-corrected chi connectivity index (χ3v) is 2.60. The average molecular weight is 242 g/mol. The molecule has 0 aliphatic rings.